The third-order valence-electron chi connectivity index (χ3n) is 1.45. The van der Waals surface area contributed by atoms with Gasteiger partial charge in [0.25, 0.3) is 0 Å². The molecule has 72 valence electrons. The van der Waals surface area contributed by atoms with Crippen LogP contribution in [0.25, 0.3) is 0 Å². The largest absolute Gasteiger partial charge is 0.302 e. The Morgan fingerprint density at radius 3 is 2.46 bits per heavy atom. The van der Waals surface area contributed by atoms with Crippen molar-refractivity contribution >= 4 is 11.6 Å². The lowest BCUT2D eigenvalue weighted by molar-refractivity contribution is 0.103. The summed E-state index contributed by atoms with van der Waals surface area (Å²) in [5, 5.41) is 0.174. The Morgan fingerprint density at radius 1 is 1.38 bits per heavy atom. The minimum absolute atomic E-state index is 0.174. The maximum Gasteiger partial charge on any atom is 0.141 e. The van der Waals surface area contributed by atoms with Gasteiger partial charge in [-0.2, -0.15) is 0 Å². The Bertz CT molecular complexity index is 225. The zero-order chi connectivity index (χ0) is 9.52. The first-order valence-corrected chi connectivity index (χ1v) is 4.43. The highest BCUT2D eigenvalue weighted by Crippen LogP contribution is 2.11. The van der Waals surface area contributed by atoms with E-state index in [4.69, 9.17) is 16.4 Å². The number of hydroxylamine groups is 1. The summed E-state index contributed by atoms with van der Waals surface area (Å²) < 4.78 is 12.2. The van der Waals surface area contributed by atoms with Gasteiger partial charge in [0.05, 0.1) is 11.6 Å². The highest BCUT2D eigenvalue weighted by molar-refractivity contribution is 6.30. The van der Waals surface area contributed by atoms with Gasteiger partial charge in [-0.05, 0) is 18.6 Å². The second-order valence-corrected chi connectivity index (χ2v) is 2.92. The van der Waals surface area contributed by atoms with E-state index >= 15 is 0 Å². The maximum absolute atomic E-state index is 12.2. The second kappa shape index (κ2) is 5.91. The highest BCUT2D eigenvalue weighted by Gasteiger charge is 1.93. The Labute approximate surface area is 81.6 Å². The molecule has 1 aliphatic heterocycles. The van der Waals surface area contributed by atoms with Crippen LogP contribution in [0.2, 0.25) is 5.02 Å². The van der Waals surface area contributed by atoms with E-state index in [-0.39, 0.29) is 10.8 Å². The molecule has 2 nitrogen and oxygen atoms in total. The molecule has 0 saturated carbocycles. The number of halogens is 2. The lowest BCUT2D eigenvalue weighted by atomic mass is 10.4. The lowest BCUT2D eigenvalue weighted by Gasteiger charge is -1.86. The molecule has 1 aromatic carbocycles. The minimum atomic E-state index is -0.367. The zero-order valence-corrected chi connectivity index (χ0v) is 7.85. The van der Waals surface area contributed by atoms with Crippen LogP contribution in [0.1, 0.15) is 6.42 Å². The van der Waals surface area contributed by atoms with Crippen LogP contribution < -0.4 is 5.48 Å². The molecular formula is C9H11ClFNO. The molecule has 0 aliphatic carbocycles. The summed E-state index contributed by atoms with van der Waals surface area (Å²) >= 11 is 5.33. The zero-order valence-electron chi connectivity index (χ0n) is 7.09. The molecule has 4 heteroatoms. The van der Waals surface area contributed by atoms with E-state index in [9.17, 15) is 4.39 Å². The molecule has 2 rings (SSSR count). The van der Waals surface area contributed by atoms with Gasteiger partial charge in [-0.15, -0.1) is 0 Å². The van der Waals surface area contributed by atoms with Gasteiger partial charge in [-0.3, -0.25) is 0 Å². The third-order valence-corrected chi connectivity index (χ3v) is 1.76. The number of nitrogens with one attached hydrogen (secondary N) is 1. The van der Waals surface area contributed by atoms with Crippen LogP contribution in [0, 0.1) is 5.82 Å². The normalized spacial score (nSPS) is 14.9. The van der Waals surface area contributed by atoms with Crippen molar-refractivity contribution in [1.29, 1.82) is 0 Å². The van der Waals surface area contributed by atoms with Gasteiger partial charge < -0.3 is 4.84 Å². The summed E-state index contributed by atoms with van der Waals surface area (Å²) in [7, 11) is 0. The smallest absolute Gasteiger partial charge is 0.141 e. The average molecular weight is 204 g/mol. The van der Waals surface area contributed by atoms with Gasteiger partial charge in [0.15, 0.2) is 0 Å². The van der Waals surface area contributed by atoms with Crippen LogP contribution >= 0.6 is 11.6 Å². The summed E-state index contributed by atoms with van der Waals surface area (Å²) in [6.45, 7) is 1.92. The molecule has 0 radical (unpaired) electrons. The Morgan fingerprint density at radius 2 is 2.15 bits per heavy atom. The molecule has 1 aliphatic rings. The quantitative estimate of drug-likeness (QED) is 0.699. The summed E-state index contributed by atoms with van der Waals surface area (Å²) in [5.74, 6) is -0.367. The Kier molecular flexibility index (Phi) is 4.75. The number of benzene rings is 1. The van der Waals surface area contributed by atoms with Crippen LogP contribution in [0.3, 0.4) is 0 Å². The summed E-state index contributed by atoms with van der Waals surface area (Å²) in [6, 6.07) is 6.12. The van der Waals surface area contributed by atoms with Gasteiger partial charge in [0.1, 0.15) is 5.82 Å². The van der Waals surface area contributed by atoms with E-state index in [2.05, 4.69) is 5.48 Å². The van der Waals surface area contributed by atoms with Crippen LogP contribution in [0.4, 0.5) is 4.39 Å². The number of rotatable bonds is 0. The van der Waals surface area contributed by atoms with E-state index in [1.807, 2.05) is 0 Å². The summed E-state index contributed by atoms with van der Waals surface area (Å²) in [6.07, 6.45) is 1.17. The predicted octanol–water partition coefficient (Wildman–Crippen LogP) is 2.39. The molecular weight excluding hydrogens is 193 g/mol. The van der Waals surface area contributed by atoms with Gasteiger partial charge in [0.2, 0.25) is 0 Å². The Balaban J connectivity index is 0.000000145. The van der Waals surface area contributed by atoms with Crippen LogP contribution in [-0.2, 0) is 4.84 Å². The lowest BCUT2D eigenvalue weighted by Crippen LogP contribution is -2.01. The SMILES string of the molecule is C1CNOC1.Fc1ccccc1Cl. The minimum Gasteiger partial charge on any atom is -0.302 e. The molecule has 0 amide bonds. The fourth-order valence-electron chi connectivity index (χ4n) is 0.800. The van der Waals surface area contributed by atoms with Crippen molar-refractivity contribution < 1.29 is 9.23 Å². The van der Waals surface area contributed by atoms with E-state index < -0.39 is 0 Å². The highest BCUT2D eigenvalue weighted by atomic mass is 35.5. The number of hydrogen-bond donors (Lipinski definition) is 1. The average Bonchev–Trinajstić information content (AvgIpc) is 2.68. The van der Waals surface area contributed by atoms with Gasteiger partial charge in [0, 0.05) is 6.54 Å². The molecule has 0 bridgehead atoms. The molecule has 1 N–H and O–H groups in total. The van der Waals surface area contributed by atoms with Crippen LogP contribution in [0.15, 0.2) is 24.3 Å². The van der Waals surface area contributed by atoms with Crippen molar-refractivity contribution in [3.63, 3.8) is 0 Å². The van der Waals surface area contributed by atoms with E-state index in [0.29, 0.717) is 0 Å². The monoisotopic (exact) mass is 203 g/mol. The molecule has 1 saturated heterocycles. The van der Waals surface area contributed by atoms with Crippen molar-refractivity contribution in [2.75, 3.05) is 13.2 Å². The van der Waals surface area contributed by atoms with Crippen molar-refractivity contribution in [2.45, 2.75) is 6.42 Å². The first-order valence-electron chi connectivity index (χ1n) is 4.05. The maximum atomic E-state index is 12.2. The molecule has 0 unspecified atom stereocenters. The van der Waals surface area contributed by atoms with Gasteiger partial charge in [-0.1, -0.05) is 23.7 Å². The second-order valence-electron chi connectivity index (χ2n) is 2.51. The Hall–Kier alpha value is -0.640. The fraction of sp³-hybridized carbons (Fsp3) is 0.333. The first-order chi connectivity index (χ1) is 6.30. The van der Waals surface area contributed by atoms with Crippen molar-refractivity contribution in [3.8, 4) is 0 Å². The van der Waals surface area contributed by atoms with Crippen LogP contribution in [-0.4, -0.2) is 13.2 Å². The topological polar surface area (TPSA) is 21.3 Å². The molecule has 1 heterocycles. The van der Waals surface area contributed by atoms with E-state index in [0.717, 1.165) is 13.2 Å². The van der Waals surface area contributed by atoms with Gasteiger partial charge in [-0.25, -0.2) is 9.87 Å². The predicted molar refractivity (Wildman–Crippen MR) is 50.0 cm³/mol. The molecule has 1 aromatic rings. The standard InChI is InChI=1S/C6H4ClF.C3H7NO/c7-5-3-1-2-4-6(5)8;1-2-4-5-3-1/h1-4H;4H,1-3H2. The molecule has 0 atom stereocenters. The first kappa shape index (κ1) is 10.4. The van der Waals surface area contributed by atoms with E-state index in [1.165, 1.54) is 18.6 Å². The fourth-order valence-corrected chi connectivity index (χ4v) is 0.936. The molecule has 13 heavy (non-hydrogen) atoms. The van der Waals surface area contributed by atoms with E-state index in [1.54, 1.807) is 12.1 Å². The summed E-state index contributed by atoms with van der Waals surface area (Å²) in [5.41, 5.74) is 2.72. The molecule has 0 aromatic heterocycles. The molecule has 1 fully saturated rings. The number of hydrogen-bond acceptors (Lipinski definition) is 2. The van der Waals surface area contributed by atoms with Crippen LogP contribution in [0.5, 0.6) is 0 Å². The molecule has 0 spiro atoms. The van der Waals surface area contributed by atoms with Crippen molar-refractivity contribution in [3.05, 3.63) is 35.1 Å². The van der Waals surface area contributed by atoms with Crippen molar-refractivity contribution in [1.82, 2.24) is 5.48 Å². The summed E-state index contributed by atoms with van der Waals surface area (Å²) in [4.78, 5) is 4.69. The van der Waals surface area contributed by atoms with Gasteiger partial charge >= 0.3 is 0 Å². The van der Waals surface area contributed by atoms with Crippen molar-refractivity contribution in [2.24, 2.45) is 0 Å². The third kappa shape index (κ3) is 4.22.